The van der Waals surface area contributed by atoms with Gasteiger partial charge >= 0.3 is 6.09 Å². The van der Waals surface area contributed by atoms with Crippen molar-refractivity contribution in [2.75, 3.05) is 18.4 Å². The second-order valence-corrected chi connectivity index (χ2v) is 7.59. The lowest BCUT2D eigenvalue weighted by molar-refractivity contribution is 0.0235. The van der Waals surface area contributed by atoms with Gasteiger partial charge in [0.05, 0.1) is 6.04 Å². The highest BCUT2D eigenvalue weighted by molar-refractivity contribution is 6.34. The number of carbonyl (C=O) groups excluding carboxylic acids is 1. The van der Waals surface area contributed by atoms with E-state index in [4.69, 9.17) is 16.3 Å². The first-order chi connectivity index (χ1) is 11.8. The molecule has 1 aromatic carbocycles. The Morgan fingerprint density at radius 3 is 2.76 bits per heavy atom. The molecule has 3 rings (SSSR count). The Morgan fingerprint density at radius 2 is 2.04 bits per heavy atom. The van der Waals surface area contributed by atoms with Gasteiger partial charge in [0.1, 0.15) is 5.60 Å². The second-order valence-electron chi connectivity index (χ2n) is 7.24. The molecule has 1 atom stereocenters. The van der Waals surface area contributed by atoms with Crippen LogP contribution in [0.2, 0.25) is 5.15 Å². The summed E-state index contributed by atoms with van der Waals surface area (Å²) in [4.78, 5) is 14.2. The number of hydrogen-bond acceptors (Lipinski definition) is 5. The number of carbonyl (C=O) groups is 1. The maximum Gasteiger partial charge on any atom is 0.410 e. The molecule has 2 aromatic rings. The van der Waals surface area contributed by atoms with E-state index in [1.807, 2.05) is 45.0 Å². The molecule has 0 radical (unpaired) electrons. The number of hydrogen-bond donors (Lipinski definition) is 1. The zero-order chi connectivity index (χ0) is 18.0. The highest BCUT2D eigenvalue weighted by Crippen LogP contribution is 2.26. The van der Waals surface area contributed by atoms with E-state index in [0.29, 0.717) is 24.1 Å². The number of benzene rings is 1. The third kappa shape index (κ3) is 4.12. The van der Waals surface area contributed by atoms with Crippen LogP contribution < -0.4 is 5.32 Å². The number of rotatable bonds is 3. The first-order valence-electron chi connectivity index (χ1n) is 8.49. The van der Waals surface area contributed by atoms with E-state index in [0.717, 1.165) is 23.6 Å². The molecule has 0 aliphatic carbocycles. The number of nitrogens with one attached hydrogen (secondary N) is 1. The first-order valence-corrected chi connectivity index (χ1v) is 8.87. The molecular formula is C18H23ClN4O2. The molecule has 7 heteroatoms. The van der Waals surface area contributed by atoms with Gasteiger partial charge in [0.2, 0.25) is 0 Å². The Labute approximate surface area is 152 Å². The molecule has 1 amide bonds. The van der Waals surface area contributed by atoms with Gasteiger partial charge in [0, 0.05) is 23.9 Å². The van der Waals surface area contributed by atoms with Crippen LogP contribution in [0.15, 0.2) is 24.3 Å². The largest absolute Gasteiger partial charge is 0.444 e. The molecule has 0 bridgehead atoms. The van der Waals surface area contributed by atoms with Gasteiger partial charge in [-0.2, -0.15) is 0 Å². The minimum absolute atomic E-state index is 0.0751. The van der Waals surface area contributed by atoms with Crippen molar-refractivity contribution in [3.63, 3.8) is 0 Å². The number of aromatic nitrogens is 2. The smallest absolute Gasteiger partial charge is 0.410 e. The number of anilines is 1. The van der Waals surface area contributed by atoms with E-state index in [1.165, 1.54) is 0 Å². The lowest BCUT2D eigenvalue weighted by Crippen LogP contribution is -2.42. The molecule has 6 nitrogen and oxygen atoms in total. The minimum Gasteiger partial charge on any atom is -0.444 e. The van der Waals surface area contributed by atoms with Crippen LogP contribution in [0.25, 0.3) is 10.8 Å². The van der Waals surface area contributed by atoms with E-state index in [-0.39, 0.29) is 12.1 Å². The number of halogens is 1. The first kappa shape index (κ1) is 17.7. The second kappa shape index (κ2) is 7.04. The van der Waals surface area contributed by atoms with Crippen molar-refractivity contribution in [1.29, 1.82) is 0 Å². The normalized spacial score (nSPS) is 17.8. The zero-order valence-corrected chi connectivity index (χ0v) is 15.5. The molecule has 1 aliphatic heterocycles. The van der Waals surface area contributed by atoms with Crippen LogP contribution in [0.3, 0.4) is 0 Å². The van der Waals surface area contributed by atoms with Crippen molar-refractivity contribution in [1.82, 2.24) is 15.1 Å². The Hall–Kier alpha value is -2.08. The predicted molar refractivity (Wildman–Crippen MR) is 99.0 cm³/mol. The number of nitrogens with zero attached hydrogens (tertiary/aromatic N) is 3. The molecule has 2 heterocycles. The van der Waals surface area contributed by atoms with Gasteiger partial charge in [0.15, 0.2) is 11.0 Å². The van der Waals surface area contributed by atoms with Gasteiger partial charge in [-0.05, 0) is 33.6 Å². The highest BCUT2D eigenvalue weighted by atomic mass is 35.5. The number of likely N-dealkylation sites (tertiary alicyclic amines) is 1. The van der Waals surface area contributed by atoms with Crippen molar-refractivity contribution >= 4 is 34.3 Å². The van der Waals surface area contributed by atoms with Crippen LogP contribution in [0.5, 0.6) is 0 Å². The topological polar surface area (TPSA) is 67.3 Å². The lowest BCUT2D eigenvalue weighted by atomic mass is 10.2. The fourth-order valence-electron chi connectivity index (χ4n) is 3.03. The van der Waals surface area contributed by atoms with E-state index < -0.39 is 5.60 Å². The SMILES string of the molecule is CC(C)(C)OC(=O)N1CCC[C@H]1CNc1nnc(Cl)c2ccccc12. The highest BCUT2D eigenvalue weighted by Gasteiger charge is 2.32. The van der Waals surface area contributed by atoms with Gasteiger partial charge in [-0.15, -0.1) is 10.2 Å². The molecule has 0 unspecified atom stereocenters. The van der Waals surface area contributed by atoms with Crippen LogP contribution in [0.1, 0.15) is 33.6 Å². The molecule has 134 valence electrons. The molecule has 1 saturated heterocycles. The summed E-state index contributed by atoms with van der Waals surface area (Å²) in [6.07, 6.45) is 1.65. The number of amides is 1. The summed E-state index contributed by atoms with van der Waals surface area (Å²) in [5, 5.41) is 13.7. The summed E-state index contributed by atoms with van der Waals surface area (Å²) < 4.78 is 5.50. The molecule has 0 saturated carbocycles. The fraction of sp³-hybridized carbons (Fsp3) is 0.500. The third-order valence-electron chi connectivity index (χ3n) is 4.15. The van der Waals surface area contributed by atoms with Crippen molar-refractivity contribution in [2.45, 2.75) is 45.3 Å². The Kier molecular flexibility index (Phi) is 4.99. The molecular weight excluding hydrogens is 340 g/mol. The Morgan fingerprint density at radius 1 is 1.32 bits per heavy atom. The standard InChI is InChI=1S/C18H23ClN4O2/c1-18(2,3)25-17(24)23-10-6-7-12(23)11-20-16-14-9-5-4-8-13(14)15(19)21-22-16/h4-5,8-9,12H,6-7,10-11H2,1-3H3,(H,20,22)/t12-/m0/s1. The monoisotopic (exact) mass is 362 g/mol. The summed E-state index contributed by atoms with van der Waals surface area (Å²) >= 11 is 6.11. The van der Waals surface area contributed by atoms with Crippen molar-refractivity contribution in [2.24, 2.45) is 0 Å². The Bertz CT molecular complexity index is 775. The molecule has 1 aliphatic rings. The molecule has 25 heavy (non-hydrogen) atoms. The maximum absolute atomic E-state index is 12.4. The van der Waals surface area contributed by atoms with Crippen LogP contribution >= 0.6 is 11.6 Å². The van der Waals surface area contributed by atoms with E-state index in [2.05, 4.69) is 15.5 Å². The number of fused-ring (bicyclic) bond motifs is 1. The summed E-state index contributed by atoms with van der Waals surface area (Å²) in [6, 6.07) is 7.80. The van der Waals surface area contributed by atoms with E-state index in [9.17, 15) is 4.79 Å². The average Bonchev–Trinajstić information content (AvgIpc) is 3.02. The Balaban J connectivity index is 1.71. The van der Waals surface area contributed by atoms with E-state index >= 15 is 0 Å². The van der Waals surface area contributed by atoms with Gasteiger partial charge in [0.25, 0.3) is 0 Å². The fourth-order valence-corrected chi connectivity index (χ4v) is 3.23. The minimum atomic E-state index is -0.491. The summed E-state index contributed by atoms with van der Waals surface area (Å²) in [6.45, 7) is 6.95. The quantitative estimate of drug-likeness (QED) is 0.890. The molecule has 1 N–H and O–H groups in total. The molecule has 0 spiro atoms. The predicted octanol–water partition coefficient (Wildman–Crippen LogP) is 4.09. The maximum atomic E-state index is 12.4. The molecule has 1 aromatic heterocycles. The van der Waals surface area contributed by atoms with Gasteiger partial charge in [-0.25, -0.2) is 4.79 Å². The van der Waals surface area contributed by atoms with Crippen LogP contribution in [0.4, 0.5) is 10.6 Å². The lowest BCUT2D eigenvalue weighted by Gasteiger charge is -2.28. The van der Waals surface area contributed by atoms with Gasteiger partial charge < -0.3 is 15.0 Å². The van der Waals surface area contributed by atoms with Gasteiger partial charge in [-0.1, -0.05) is 35.9 Å². The summed E-state index contributed by atoms with van der Waals surface area (Å²) in [5.74, 6) is 0.677. The van der Waals surface area contributed by atoms with E-state index in [1.54, 1.807) is 4.90 Å². The molecule has 1 fully saturated rings. The van der Waals surface area contributed by atoms with Crippen LogP contribution in [0, 0.1) is 0 Å². The van der Waals surface area contributed by atoms with Crippen molar-refractivity contribution < 1.29 is 9.53 Å². The summed E-state index contributed by atoms with van der Waals surface area (Å²) in [5.41, 5.74) is -0.491. The van der Waals surface area contributed by atoms with Crippen molar-refractivity contribution in [3.8, 4) is 0 Å². The zero-order valence-electron chi connectivity index (χ0n) is 14.8. The average molecular weight is 363 g/mol. The summed E-state index contributed by atoms with van der Waals surface area (Å²) in [7, 11) is 0. The third-order valence-corrected chi connectivity index (χ3v) is 4.43. The van der Waals surface area contributed by atoms with Crippen LogP contribution in [-0.4, -0.2) is 45.9 Å². The van der Waals surface area contributed by atoms with Crippen molar-refractivity contribution in [3.05, 3.63) is 29.4 Å². The van der Waals surface area contributed by atoms with Gasteiger partial charge in [-0.3, -0.25) is 0 Å². The van der Waals surface area contributed by atoms with Crippen LogP contribution in [-0.2, 0) is 4.74 Å². The number of ether oxygens (including phenoxy) is 1.